The highest BCUT2D eigenvalue weighted by molar-refractivity contribution is 5.92. The van der Waals surface area contributed by atoms with Gasteiger partial charge in [-0.1, -0.05) is 25.7 Å². The molecular weight excluding hydrogens is 314 g/mol. The van der Waals surface area contributed by atoms with E-state index in [-0.39, 0.29) is 5.91 Å². The van der Waals surface area contributed by atoms with Crippen molar-refractivity contribution in [3.8, 4) is 0 Å². The van der Waals surface area contributed by atoms with Crippen molar-refractivity contribution in [2.24, 2.45) is 0 Å². The molecule has 0 bridgehead atoms. The van der Waals surface area contributed by atoms with Crippen LogP contribution in [0.4, 0.5) is 0 Å². The van der Waals surface area contributed by atoms with Gasteiger partial charge >= 0.3 is 5.97 Å². The van der Waals surface area contributed by atoms with Crippen LogP contribution in [0.2, 0.25) is 0 Å². The summed E-state index contributed by atoms with van der Waals surface area (Å²) < 4.78 is 0. The molecule has 0 aliphatic carbocycles. The molecule has 0 unspecified atom stereocenters. The van der Waals surface area contributed by atoms with Crippen molar-refractivity contribution in [3.63, 3.8) is 0 Å². The number of carboxylic acids is 1. The number of hydrogen-bond donors (Lipinski definition) is 4. The first-order chi connectivity index (χ1) is 11.3. The second kappa shape index (κ2) is 9.89. The minimum absolute atomic E-state index is 0.187. The Balaban J connectivity index is 2.74. The number of carbonyl (C=O) groups is 4. The Morgan fingerprint density at radius 3 is 2.08 bits per heavy atom. The second-order valence-electron chi connectivity index (χ2n) is 6.23. The van der Waals surface area contributed by atoms with Crippen molar-refractivity contribution in [3.05, 3.63) is 0 Å². The average Bonchev–Trinajstić information content (AvgIpc) is 2.51. The van der Waals surface area contributed by atoms with Gasteiger partial charge in [-0.2, -0.15) is 0 Å². The van der Waals surface area contributed by atoms with Crippen LogP contribution in [0.3, 0.4) is 0 Å². The lowest BCUT2D eigenvalue weighted by molar-refractivity contribution is -0.142. The number of hydrogen-bond acceptors (Lipinski definition) is 4. The minimum atomic E-state index is -1.08. The molecule has 1 heterocycles. The van der Waals surface area contributed by atoms with Crippen molar-refractivity contribution in [1.29, 1.82) is 0 Å². The van der Waals surface area contributed by atoms with Crippen LogP contribution < -0.4 is 16.0 Å². The lowest BCUT2D eigenvalue weighted by atomic mass is 10.0. The summed E-state index contributed by atoms with van der Waals surface area (Å²) in [4.78, 5) is 47.1. The summed E-state index contributed by atoms with van der Waals surface area (Å²) in [6.45, 7) is 3.02. The normalized spacial score (nSPS) is 28.4. The summed E-state index contributed by atoms with van der Waals surface area (Å²) in [5, 5.41) is 16.7. The Morgan fingerprint density at radius 1 is 0.875 bits per heavy atom. The predicted molar refractivity (Wildman–Crippen MR) is 87.1 cm³/mol. The molecule has 0 aromatic carbocycles. The third-order valence-electron chi connectivity index (χ3n) is 4.03. The van der Waals surface area contributed by atoms with Crippen LogP contribution in [0.1, 0.15) is 58.8 Å². The number of amides is 3. The van der Waals surface area contributed by atoms with E-state index in [0.29, 0.717) is 19.3 Å². The van der Waals surface area contributed by atoms with Crippen molar-refractivity contribution < 1.29 is 24.3 Å². The zero-order chi connectivity index (χ0) is 18.1. The topological polar surface area (TPSA) is 125 Å². The smallest absolute Gasteiger partial charge is 0.326 e. The highest BCUT2D eigenvalue weighted by Crippen LogP contribution is 2.10. The Kier molecular flexibility index (Phi) is 8.21. The van der Waals surface area contributed by atoms with Gasteiger partial charge in [-0.15, -0.1) is 0 Å². The molecule has 1 fully saturated rings. The third-order valence-corrected chi connectivity index (χ3v) is 4.03. The first-order valence-corrected chi connectivity index (χ1v) is 8.44. The average molecular weight is 341 g/mol. The van der Waals surface area contributed by atoms with Gasteiger partial charge in [-0.05, 0) is 26.7 Å². The maximum atomic E-state index is 12.1. The van der Waals surface area contributed by atoms with E-state index >= 15 is 0 Å². The molecule has 0 radical (unpaired) electrons. The summed E-state index contributed by atoms with van der Waals surface area (Å²) >= 11 is 0. The quantitative estimate of drug-likeness (QED) is 0.546. The first kappa shape index (κ1) is 19.9. The third kappa shape index (κ3) is 6.97. The standard InChI is InChI=1S/C16H27N3O5/c1-10-14(21)18-11(2)15(22)19-12(16(23)24)8-6-4-3-5-7-9-13(20)17-10/h10-12H,3-9H2,1-2H3,(H,17,20)(H,18,21)(H,19,22)(H,23,24)/t10-,11-,12-/m0/s1. The van der Waals surface area contributed by atoms with Crippen molar-refractivity contribution in [1.82, 2.24) is 16.0 Å². The highest BCUT2D eigenvalue weighted by atomic mass is 16.4. The Hall–Kier alpha value is -2.12. The van der Waals surface area contributed by atoms with Gasteiger partial charge in [-0.3, -0.25) is 14.4 Å². The van der Waals surface area contributed by atoms with Crippen LogP contribution in [0.5, 0.6) is 0 Å². The first-order valence-electron chi connectivity index (χ1n) is 8.44. The molecule has 0 aromatic heterocycles. The summed E-state index contributed by atoms with van der Waals surface area (Å²) in [6, 6.07) is -2.59. The highest BCUT2D eigenvalue weighted by Gasteiger charge is 2.25. The second-order valence-corrected chi connectivity index (χ2v) is 6.23. The molecule has 1 aliphatic heterocycles. The molecule has 1 rings (SSSR count). The number of carboxylic acid groups (broad SMARTS) is 1. The van der Waals surface area contributed by atoms with Gasteiger partial charge in [0.05, 0.1) is 0 Å². The summed E-state index contributed by atoms with van der Waals surface area (Å²) in [6.07, 6.45) is 4.74. The number of aliphatic carboxylic acids is 1. The molecular formula is C16H27N3O5. The van der Waals surface area contributed by atoms with Gasteiger partial charge in [0.2, 0.25) is 17.7 Å². The Labute approximate surface area is 141 Å². The summed E-state index contributed by atoms with van der Waals surface area (Å²) in [7, 11) is 0. The minimum Gasteiger partial charge on any atom is -0.480 e. The van der Waals surface area contributed by atoms with Gasteiger partial charge in [0.25, 0.3) is 0 Å². The molecule has 24 heavy (non-hydrogen) atoms. The van der Waals surface area contributed by atoms with Gasteiger partial charge in [-0.25, -0.2) is 4.79 Å². The number of rotatable bonds is 1. The van der Waals surface area contributed by atoms with Crippen LogP contribution in [0.15, 0.2) is 0 Å². The Morgan fingerprint density at radius 2 is 1.42 bits per heavy atom. The lowest BCUT2D eigenvalue weighted by Crippen LogP contribution is -2.54. The fourth-order valence-electron chi connectivity index (χ4n) is 2.50. The van der Waals surface area contributed by atoms with Gasteiger partial charge in [0.15, 0.2) is 0 Å². The van der Waals surface area contributed by atoms with Gasteiger partial charge in [0.1, 0.15) is 18.1 Å². The van der Waals surface area contributed by atoms with E-state index in [0.717, 1.165) is 25.7 Å². The molecule has 0 spiro atoms. The largest absolute Gasteiger partial charge is 0.480 e. The molecule has 1 saturated heterocycles. The van der Waals surface area contributed by atoms with Crippen molar-refractivity contribution in [2.45, 2.75) is 76.9 Å². The maximum absolute atomic E-state index is 12.1. The van der Waals surface area contributed by atoms with Crippen molar-refractivity contribution in [2.75, 3.05) is 0 Å². The van der Waals surface area contributed by atoms with Crippen LogP contribution in [0, 0.1) is 0 Å². The molecule has 1 aliphatic rings. The van der Waals surface area contributed by atoms with Crippen molar-refractivity contribution >= 4 is 23.7 Å². The Bertz CT molecular complexity index is 480. The number of carbonyl (C=O) groups excluding carboxylic acids is 3. The number of nitrogens with one attached hydrogen (secondary N) is 3. The molecule has 3 amide bonds. The van der Waals surface area contributed by atoms with Crippen LogP contribution >= 0.6 is 0 Å². The van der Waals surface area contributed by atoms with Crippen LogP contribution in [-0.4, -0.2) is 46.9 Å². The van der Waals surface area contributed by atoms with Crippen LogP contribution in [0.25, 0.3) is 0 Å². The zero-order valence-corrected chi connectivity index (χ0v) is 14.3. The molecule has 8 nitrogen and oxygen atoms in total. The molecule has 0 aromatic rings. The van der Waals surface area contributed by atoms with E-state index in [9.17, 15) is 24.3 Å². The maximum Gasteiger partial charge on any atom is 0.326 e. The SMILES string of the molecule is C[C@@H]1NC(=O)CCCCCCC[C@@H](C(=O)O)NC(=O)[C@H](C)NC1=O. The molecule has 3 atom stereocenters. The van der Waals surface area contributed by atoms with E-state index in [4.69, 9.17) is 0 Å². The van der Waals surface area contributed by atoms with E-state index in [1.807, 2.05) is 0 Å². The molecule has 4 N–H and O–H groups in total. The summed E-state index contributed by atoms with van der Waals surface area (Å²) in [5.74, 6) is -2.30. The molecule has 136 valence electrons. The summed E-state index contributed by atoms with van der Waals surface area (Å²) in [5.41, 5.74) is 0. The van der Waals surface area contributed by atoms with Crippen LogP contribution in [-0.2, 0) is 19.2 Å². The van der Waals surface area contributed by atoms with E-state index in [1.165, 1.54) is 6.92 Å². The fraction of sp³-hybridized carbons (Fsp3) is 0.750. The van der Waals surface area contributed by atoms with Gasteiger partial charge < -0.3 is 21.1 Å². The van der Waals surface area contributed by atoms with Gasteiger partial charge in [0, 0.05) is 6.42 Å². The zero-order valence-electron chi connectivity index (χ0n) is 14.3. The van der Waals surface area contributed by atoms with E-state index in [2.05, 4.69) is 16.0 Å². The lowest BCUT2D eigenvalue weighted by Gasteiger charge is -2.21. The molecule has 0 saturated carbocycles. The molecule has 8 heteroatoms. The fourth-order valence-corrected chi connectivity index (χ4v) is 2.50. The van der Waals surface area contributed by atoms with E-state index < -0.39 is 35.9 Å². The predicted octanol–water partition coefficient (Wildman–Crippen LogP) is 0.310. The monoisotopic (exact) mass is 341 g/mol. The van der Waals surface area contributed by atoms with E-state index in [1.54, 1.807) is 6.92 Å².